The molecule has 0 radical (unpaired) electrons. The highest BCUT2D eigenvalue weighted by molar-refractivity contribution is 7.98. The number of anilines is 2. The van der Waals surface area contributed by atoms with E-state index in [4.69, 9.17) is 10.2 Å². The molecule has 2 heterocycles. The fraction of sp³-hybridized carbons (Fsp3) is 0.174. The molecular formula is C23H22N6O3S2. The van der Waals surface area contributed by atoms with Gasteiger partial charge in [-0.25, -0.2) is 4.98 Å². The average Bonchev–Trinajstić information content (AvgIpc) is 3.55. The van der Waals surface area contributed by atoms with E-state index < -0.39 is 6.04 Å². The van der Waals surface area contributed by atoms with E-state index in [0.717, 1.165) is 11.1 Å². The van der Waals surface area contributed by atoms with E-state index in [0.29, 0.717) is 40.1 Å². The first-order valence-electron chi connectivity index (χ1n) is 10.3. The Morgan fingerprint density at radius 1 is 1.18 bits per heavy atom. The maximum Gasteiger partial charge on any atom is 0.251 e. The number of hydrogen-bond donors (Lipinski definition) is 3. The molecule has 34 heavy (non-hydrogen) atoms. The Kier molecular flexibility index (Phi) is 7.55. The van der Waals surface area contributed by atoms with Crippen LogP contribution in [0.4, 0.5) is 10.8 Å². The summed E-state index contributed by atoms with van der Waals surface area (Å²) < 4.78 is 5.26. The highest BCUT2D eigenvalue weighted by Gasteiger charge is 2.22. The molecule has 2 amide bonds. The second-order valence-electron chi connectivity index (χ2n) is 7.28. The molecule has 0 aliphatic carbocycles. The summed E-state index contributed by atoms with van der Waals surface area (Å²) in [6.45, 7) is 0. The van der Waals surface area contributed by atoms with Gasteiger partial charge in [0.25, 0.3) is 5.91 Å². The summed E-state index contributed by atoms with van der Waals surface area (Å²) in [5, 5.41) is 15.6. The van der Waals surface area contributed by atoms with Crippen LogP contribution in [-0.4, -0.2) is 45.0 Å². The Morgan fingerprint density at radius 2 is 1.97 bits per heavy atom. The summed E-state index contributed by atoms with van der Waals surface area (Å²) in [5.74, 6) is 0.474. The smallest absolute Gasteiger partial charge is 0.251 e. The second kappa shape index (κ2) is 10.9. The number of hydrogen-bond acceptors (Lipinski definition) is 9. The Morgan fingerprint density at radius 3 is 2.71 bits per heavy atom. The molecule has 4 N–H and O–H groups in total. The number of carbonyl (C=O) groups is 2. The monoisotopic (exact) mass is 494 g/mol. The number of thiazole rings is 1. The van der Waals surface area contributed by atoms with E-state index in [9.17, 15) is 9.59 Å². The van der Waals surface area contributed by atoms with Crippen LogP contribution in [0.1, 0.15) is 16.8 Å². The molecule has 0 fully saturated rings. The van der Waals surface area contributed by atoms with Gasteiger partial charge in [0.1, 0.15) is 6.04 Å². The van der Waals surface area contributed by atoms with E-state index in [1.807, 2.05) is 35.9 Å². The number of carbonyl (C=O) groups excluding carboxylic acids is 2. The first-order valence-corrected chi connectivity index (χ1v) is 12.6. The highest BCUT2D eigenvalue weighted by Crippen LogP contribution is 2.28. The third-order valence-corrected chi connectivity index (χ3v) is 6.31. The number of rotatable bonds is 9. The van der Waals surface area contributed by atoms with Crippen LogP contribution in [0.25, 0.3) is 22.7 Å². The maximum atomic E-state index is 13.0. The van der Waals surface area contributed by atoms with Crippen LogP contribution < -0.4 is 16.4 Å². The fourth-order valence-electron chi connectivity index (χ4n) is 3.15. The molecule has 0 aliphatic heterocycles. The van der Waals surface area contributed by atoms with Crippen LogP contribution in [0.5, 0.6) is 0 Å². The molecule has 0 bridgehead atoms. The van der Waals surface area contributed by atoms with Crippen molar-refractivity contribution >= 4 is 45.7 Å². The van der Waals surface area contributed by atoms with E-state index in [-0.39, 0.29) is 11.8 Å². The van der Waals surface area contributed by atoms with Crippen LogP contribution >= 0.6 is 23.1 Å². The van der Waals surface area contributed by atoms with Crippen molar-refractivity contribution in [3.63, 3.8) is 0 Å². The molecule has 0 saturated heterocycles. The number of nitrogens with one attached hydrogen (secondary N) is 2. The van der Waals surface area contributed by atoms with E-state index >= 15 is 0 Å². The second-order valence-corrected chi connectivity index (χ2v) is 9.13. The van der Waals surface area contributed by atoms with E-state index in [1.165, 1.54) is 17.7 Å². The Balaban J connectivity index is 1.45. The normalized spacial score (nSPS) is 11.7. The van der Waals surface area contributed by atoms with Crippen molar-refractivity contribution in [1.29, 1.82) is 0 Å². The van der Waals surface area contributed by atoms with Gasteiger partial charge in [0.2, 0.25) is 18.2 Å². The van der Waals surface area contributed by atoms with Crippen LogP contribution in [0.15, 0.2) is 64.7 Å². The summed E-state index contributed by atoms with van der Waals surface area (Å²) in [4.78, 5) is 30.2. The Bertz CT molecular complexity index is 1260. The molecule has 2 aromatic heterocycles. The van der Waals surface area contributed by atoms with Gasteiger partial charge in [0.15, 0.2) is 5.13 Å². The fourth-order valence-corrected chi connectivity index (χ4v) is 4.34. The lowest BCUT2D eigenvalue weighted by molar-refractivity contribution is -0.118. The Hall–Kier alpha value is -3.70. The van der Waals surface area contributed by atoms with Crippen LogP contribution in [-0.2, 0) is 4.79 Å². The third-order valence-electron chi connectivity index (χ3n) is 4.90. The van der Waals surface area contributed by atoms with Crippen molar-refractivity contribution in [2.24, 2.45) is 0 Å². The van der Waals surface area contributed by atoms with Gasteiger partial charge in [-0.05, 0) is 54.8 Å². The van der Waals surface area contributed by atoms with Gasteiger partial charge in [-0.1, -0.05) is 12.1 Å². The summed E-state index contributed by atoms with van der Waals surface area (Å²) >= 11 is 2.91. The molecule has 4 rings (SSSR count). The SMILES string of the molecule is CSCC[C@H](NC(=O)c1ccc(N)cc1)C(=O)Nc1nc(-c2cccc(-c3nnco3)c2)cs1. The zero-order valence-corrected chi connectivity index (χ0v) is 19.9. The molecule has 0 unspecified atom stereocenters. The number of thioether (sulfide) groups is 1. The van der Waals surface area contributed by atoms with Crippen molar-refractivity contribution < 1.29 is 14.0 Å². The van der Waals surface area contributed by atoms with Crippen molar-refractivity contribution in [1.82, 2.24) is 20.5 Å². The van der Waals surface area contributed by atoms with Gasteiger partial charge in [-0.3, -0.25) is 9.59 Å². The summed E-state index contributed by atoms with van der Waals surface area (Å²) in [5.41, 5.74) is 9.02. The minimum atomic E-state index is -0.703. The number of amides is 2. The van der Waals surface area contributed by atoms with Gasteiger partial charge >= 0.3 is 0 Å². The van der Waals surface area contributed by atoms with Crippen molar-refractivity contribution in [3.8, 4) is 22.7 Å². The van der Waals surface area contributed by atoms with Gasteiger partial charge in [-0.2, -0.15) is 11.8 Å². The van der Waals surface area contributed by atoms with Gasteiger partial charge in [0.05, 0.1) is 5.69 Å². The molecule has 0 aliphatic rings. The minimum absolute atomic E-state index is 0.321. The predicted molar refractivity (Wildman–Crippen MR) is 135 cm³/mol. The van der Waals surface area contributed by atoms with Crippen molar-refractivity contribution in [2.75, 3.05) is 23.1 Å². The lowest BCUT2D eigenvalue weighted by Gasteiger charge is -2.17. The van der Waals surface area contributed by atoms with E-state index in [2.05, 4.69) is 25.8 Å². The topological polar surface area (TPSA) is 136 Å². The number of nitrogens with two attached hydrogens (primary N) is 1. The molecule has 174 valence electrons. The lowest BCUT2D eigenvalue weighted by Crippen LogP contribution is -2.44. The standard InChI is InChI=1S/C23H22N6O3S2/c1-33-10-9-18(26-20(30)14-5-7-17(24)8-6-14)21(31)28-23-27-19(12-34-23)15-3-2-4-16(11-15)22-29-25-13-32-22/h2-8,11-13,18H,9-10,24H2,1H3,(H,26,30)(H,27,28,31)/t18-/m0/s1. The van der Waals surface area contributed by atoms with Crippen LogP contribution in [0.2, 0.25) is 0 Å². The highest BCUT2D eigenvalue weighted by atomic mass is 32.2. The lowest BCUT2D eigenvalue weighted by atomic mass is 10.1. The Labute approximate surface area is 204 Å². The van der Waals surface area contributed by atoms with Crippen LogP contribution in [0.3, 0.4) is 0 Å². The summed E-state index contributed by atoms with van der Waals surface area (Å²) in [7, 11) is 0. The molecule has 9 nitrogen and oxygen atoms in total. The van der Waals surface area contributed by atoms with Gasteiger partial charge < -0.3 is 20.8 Å². The largest absolute Gasteiger partial charge is 0.423 e. The zero-order chi connectivity index (χ0) is 23.9. The molecule has 1 atom stereocenters. The first-order chi connectivity index (χ1) is 16.5. The predicted octanol–water partition coefficient (Wildman–Crippen LogP) is 3.93. The van der Waals surface area contributed by atoms with Crippen molar-refractivity contribution in [2.45, 2.75) is 12.5 Å². The summed E-state index contributed by atoms with van der Waals surface area (Å²) in [6.07, 6.45) is 3.71. The molecule has 4 aromatic rings. The molecule has 2 aromatic carbocycles. The van der Waals surface area contributed by atoms with Gasteiger partial charge in [0, 0.05) is 27.8 Å². The average molecular weight is 495 g/mol. The first kappa shape index (κ1) is 23.5. The molecule has 0 spiro atoms. The zero-order valence-electron chi connectivity index (χ0n) is 18.2. The number of nitrogen functional groups attached to an aromatic ring is 1. The van der Waals surface area contributed by atoms with E-state index in [1.54, 1.807) is 36.0 Å². The summed E-state index contributed by atoms with van der Waals surface area (Å²) in [6, 6.07) is 13.4. The third kappa shape index (κ3) is 5.80. The molecular weight excluding hydrogens is 472 g/mol. The number of nitrogens with zero attached hydrogens (tertiary/aromatic N) is 3. The van der Waals surface area contributed by atoms with Gasteiger partial charge in [-0.15, -0.1) is 21.5 Å². The van der Waals surface area contributed by atoms with Crippen molar-refractivity contribution in [3.05, 3.63) is 65.9 Å². The number of benzene rings is 2. The quantitative estimate of drug-likeness (QED) is 0.298. The molecule has 11 heteroatoms. The van der Waals surface area contributed by atoms with Crippen LogP contribution in [0, 0.1) is 0 Å². The maximum absolute atomic E-state index is 13.0. The molecule has 0 saturated carbocycles. The minimum Gasteiger partial charge on any atom is -0.423 e. The number of aromatic nitrogens is 3.